The number of aryl methyl sites for hydroxylation is 2. The maximum atomic E-state index is 11.7. The van der Waals surface area contributed by atoms with Crippen molar-refractivity contribution in [1.29, 1.82) is 0 Å². The summed E-state index contributed by atoms with van der Waals surface area (Å²) >= 11 is 1.52. The number of amides is 1. The fraction of sp³-hybridized carbons (Fsp3) is 0.714. The van der Waals surface area contributed by atoms with Crippen LogP contribution < -0.4 is 5.32 Å². The largest absolute Gasteiger partial charge is 0.391 e. The third kappa shape index (κ3) is 5.17. The molecule has 5 nitrogen and oxygen atoms in total. The van der Waals surface area contributed by atoms with Crippen LogP contribution in [0.1, 0.15) is 37.3 Å². The Balaban J connectivity index is 2.24. The molecule has 1 amide bonds. The van der Waals surface area contributed by atoms with Gasteiger partial charge in [-0.2, -0.15) is 0 Å². The van der Waals surface area contributed by atoms with Gasteiger partial charge < -0.3 is 14.9 Å². The van der Waals surface area contributed by atoms with Gasteiger partial charge in [0.25, 0.3) is 0 Å². The number of nitrogens with zero attached hydrogens (tertiary/aromatic N) is 1. The molecule has 0 saturated carbocycles. The fourth-order valence-electron chi connectivity index (χ4n) is 1.70. The first kappa shape index (κ1) is 17.0. The molecule has 6 heteroatoms. The Morgan fingerprint density at radius 3 is 2.75 bits per heavy atom. The van der Waals surface area contributed by atoms with Crippen molar-refractivity contribution >= 4 is 17.7 Å². The predicted octanol–water partition coefficient (Wildman–Crippen LogP) is 2.05. The van der Waals surface area contributed by atoms with Crippen LogP contribution in [0.2, 0.25) is 0 Å². The third-order valence-electron chi connectivity index (χ3n) is 3.47. The van der Waals surface area contributed by atoms with E-state index >= 15 is 0 Å². The second-order valence-corrected chi connectivity index (χ2v) is 6.04. The summed E-state index contributed by atoms with van der Waals surface area (Å²) < 4.78 is 5.07. The van der Waals surface area contributed by atoms with Crippen molar-refractivity contribution in [1.82, 2.24) is 10.5 Å². The van der Waals surface area contributed by atoms with Gasteiger partial charge in [-0.15, -0.1) is 11.8 Å². The van der Waals surface area contributed by atoms with Crippen molar-refractivity contribution in [3.05, 3.63) is 17.0 Å². The number of carbonyl (C=O) groups excluding carboxylic acids is 1. The molecular formula is C14H24N2O3S. The molecule has 1 rings (SSSR count). The number of hydrogen-bond acceptors (Lipinski definition) is 5. The average molecular weight is 300 g/mol. The van der Waals surface area contributed by atoms with E-state index in [9.17, 15) is 9.90 Å². The molecule has 0 spiro atoms. The highest BCUT2D eigenvalue weighted by molar-refractivity contribution is 7.99. The van der Waals surface area contributed by atoms with Gasteiger partial charge in [0.05, 0.1) is 17.6 Å². The number of hydrogen-bond donors (Lipinski definition) is 2. The van der Waals surface area contributed by atoms with Crippen LogP contribution in [0.3, 0.4) is 0 Å². The van der Waals surface area contributed by atoms with Crippen molar-refractivity contribution in [2.45, 2.75) is 46.0 Å². The molecule has 2 atom stereocenters. The van der Waals surface area contributed by atoms with E-state index in [0.717, 1.165) is 23.4 Å². The third-order valence-corrected chi connectivity index (χ3v) is 4.43. The van der Waals surface area contributed by atoms with Crippen LogP contribution in [0.4, 0.5) is 0 Å². The molecule has 114 valence electrons. The molecular weight excluding hydrogens is 276 g/mol. The number of thioether (sulfide) groups is 1. The zero-order valence-electron chi connectivity index (χ0n) is 12.6. The van der Waals surface area contributed by atoms with E-state index in [1.54, 1.807) is 0 Å². The smallest absolute Gasteiger partial charge is 0.230 e. The van der Waals surface area contributed by atoms with E-state index in [1.165, 1.54) is 11.8 Å². The summed E-state index contributed by atoms with van der Waals surface area (Å²) in [5.74, 6) is 2.04. The van der Waals surface area contributed by atoms with E-state index in [0.29, 0.717) is 18.1 Å². The van der Waals surface area contributed by atoms with Gasteiger partial charge in [-0.05, 0) is 19.8 Å². The maximum Gasteiger partial charge on any atom is 0.230 e. The second-order valence-electron chi connectivity index (χ2n) is 5.05. The lowest BCUT2D eigenvalue weighted by Gasteiger charge is -2.17. The fourth-order valence-corrected chi connectivity index (χ4v) is 2.70. The first-order valence-electron chi connectivity index (χ1n) is 6.89. The molecule has 20 heavy (non-hydrogen) atoms. The summed E-state index contributed by atoms with van der Waals surface area (Å²) in [6, 6.07) is 0. The summed E-state index contributed by atoms with van der Waals surface area (Å²) in [5.41, 5.74) is 1.94. The Kier molecular flexibility index (Phi) is 7.09. The highest BCUT2D eigenvalue weighted by Gasteiger charge is 2.14. The van der Waals surface area contributed by atoms with E-state index < -0.39 is 6.10 Å². The monoisotopic (exact) mass is 300 g/mol. The van der Waals surface area contributed by atoms with Crippen LogP contribution in [0.15, 0.2) is 4.52 Å². The Bertz CT molecular complexity index is 415. The van der Waals surface area contributed by atoms with Crippen LogP contribution >= 0.6 is 11.8 Å². The van der Waals surface area contributed by atoms with Crippen LogP contribution in [-0.4, -0.2) is 34.6 Å². The van der Waals surface area contributed by atoms with Gasteiger partial charge in [0, 0.05) is 17.9 Å². The number of aliphatic hydroxyl groups is 1. The Morgan fingerprint density at radius 2 is 2.20 bits per heavy atom. The van der Waals surface area contributed by atoms with E-state index in [-0.39, 0.29) is 11.8 Å². The van der Waals surface area contributed by atoms with E-state index in [4.69, 9.17) is 4.52 Å². The highest BCUT2D eigenvalue weighted by Crippen LogP contribution is 2.19. The maximum absolute atomic E-state index is 11.7. The summed E-state index contributed by atoms with van der Waals surface area (Å²) in [4.78, 5) is 11.7. The van der Waals surface area contributed by atoms with Crippen molar-refractivity contribution in [2.75, 3.05) is 12.3 Å². The predicted molar refractivity (Wildman–Crippen MR) is 80.6 cm³/mol. The van der Waals surface area contributed by atoms with Gasteiger partial charge in [-0.3, -0.25) is 4.79 Å². The summed E-state index contributed by atoms with van der Waals surface area (Å²) in [7, 11) is 0. The first-order valence-corrected chi connectivity index (χ1v) is 8.05. The lowest BCUT2D eigenvalue weighted by atomic mass is 10.0. The van der Waals surface area contributed by atoms with Gasteiger partial charge in [0.15, 0.2) is 0 Å². The summed E-state index contributed by atoms with van der Waals surface area (Å²) in [5, 5.41) is 16.4. The molecule has 0 radical (unpaired) electrons. The Hall–Kier alpha value is -1.01. The second kappa shape index (κ2) is 8.32. The zero-order chi connectivity index (χ0) is 15.1. The number of aromatic nitrogens is 1. The molecule has 2 N–H and O–H groups in total. The van der Waals surface area contributed by atoms with Gasteiger partial charge in [-0.1, -0.05) is 25.4 Å². The average Bonchev–Trinajstić information content (AvgIpc) is 2.75. The lowest BCUT2D eigenvalue weighted by Crippen LogP contribution is -2.36. The van der Waals surface area contributed by atoms with Gasteiger partial charge in [0.1, 0.15) is 5.76 Å². The van der Waals surface area contributed by atoms with Crippen molar-refractivity contribution < 1.29 is 14.4 Å². The van der Waals surface area contributed by atoms with Gasteiger partial charge >= 0.3 is 0 Å². The van der Waals surface area contributed by atoms with E-state index in [1.807, 2.05) is 27.7 Å². The summed E-state index contributed by atoms with van der Waals surface area (Å²) in [6.07, 6.45) is 0.425. The topological polar surface area (TPSA) is 75.4 Å². The van der Waals surface area contributed by atoms with Gasteiger partial charge in [0.2, 0.25) is 5.91 Å². The van der Waals surface area contributed by atoms with Crippen LogP contribution in [0, 0.1) is 19.8 Å². The minimum absolute atomic E-state index is 0.0517. The summed E-state index contributed by atoms with van der Waals surface area (Å²) in [6.45, 7) is 8.09. The SMILES string of the molecule is CCC(C)C(O)CNC(=O)CSCc1c(C)noc1C. The van der Waals surface area contributed by atoms with Gasteiger partial charge in [-0.25, -0.2) is 0 Å². The number of aliphatic hydroxyl groups excluding tert-OH is 1. The molecule has 0 bridgehead atoms. The molecule has 0 aliphatic heterocycles. The van der Waals surface area contributed by atoms with Crippen molar-refractivity contribution in [2.24, 2.45) is 5.92 Å². The standard InChI is InChI=1S/C14H24N2O3S/c1-5-9(2)13(17)6-15-14(18)8-20-7-12-10(3)16-19-11(12)4/h9,13,17H,5-8H2,1-4H3,(H,15,18). The minimum Gasteiger partial charge on any atom is -0.391 e. The lowest BCUT2D eigenvalue weighted by molar-refractivity contribution is -0.119. The number of carbonyl (C=O) groups is 1. The minimum atomic E-state index is -0.475. The molecule has 1 heterocycles. The van der Waals surface area contributed by atoms with Crippen molar-refractivity contribution in [3.63, 3.8) is 0 Å². The Labute approximate surface area is 124 Å². The molecule has 0 saturated heterocycles. The number of rotatable bonds is 8. The van der Waals surface area contributed by atoms with Crippen LogP contribution in [0.5, 0.6) is 0 Å². The Morgan fingerprint density at radius 1 is 1.50 bits per heavy atom. The molecule has 1 aromatic rings. The molecule has 0 aromatic carbocycles. The molecule has 0 aliphatic rings. The molecule has 0 aliphatic carbocycles. The first-order chi connectivity index (χ1) is 9.45. The normalized spacial score (nSPS) is 14.1. The molecule has 1 aromatic heterocycles. The number of nitrogens with one attached hydrogen (secondary N) is 1. The van der Waals surface area contributed by atoms with Crippen molar-refractivity contribution in [3.8, 4) is 0 Å². The van der Waals surface area contributed by atoms with Crippen LogP contribution in [-0.2, 0) is 10.5 Å². The molecule has 0 fully saturated rings. The highest BCUT2D eigenvalue weighted by atomic mass is 32.2. The van der Waals surface area contributed by atoms with Crippen LogP contribution in [0.25, 0.3) is 0 Å². The quantitative estimate of drug-likeness (QED) is 0.768. The molecule has 2 unspecified atom stereocenters. The van der Waals surface area contributed by atoms with E-state index in [2.05, 4.69) is 10.5 Å². The zero-order valence-corrected chi connectivity index (χ0v) is 13.4.